The van der Waals surface area contributed by atoms with Crippen molar-refractivity contribution in [1.82, 2.24) is 10.6 Å². The number of carbonyl (C=O) groups excluding carboxylic acids is 1. The SMILES string of the molecule is CC(CS(C)=O)NC(=O)NC1(C(=O)O)CCCCCC1. The lowest BCUT2D eigenvalue weighted by atomic mass is 9.90. The van der Waals surface area contributed by atoms with Gasteiger partial charge in [0.1, 0.15) is 5.54 Å². The van der Waals surface area contributed by atoms with Gasteiger partial charge < -0.3 is 15.7 Å². The van der Waals surface area contributed by atoms with Crippen LogP contribution in [0.2, 0.25) is 0 Å². The van der Waals surface area contributed by atoms with Crippen molar-refractivity contribution in [2.45, 2.75) is 57.0 Å². The highest BCUT2D eigenvalue weighted by molar-refractivity contribution is 7.84. The molecule has 0 aromatic rings. The molecule has 0 bridgehead atoms. The van der Waals surface area contributed by atoms with Gasteiger partial charge in [-0.3, -0.25) is 4.21 Å². The van der Waals surface area contributed by atoms with Crippen molar-refractivity contribution >= 4 is 22.8 Å². The second-order valence-corrected chi connectivity index (χ2v) is 7.02. The third-order valence-electron chi connectivity index (χ3n) is 3.58. The zero-order valence-electron chi connectivity index (χ0n) is 12.1. The van der Waals surface area contributed by atoms with Crippen molar-refractivity contribution < 1.29 is 18.9 Å². The number of hydrogen-bond acceptors (Lipinski definition) is 3. The number of rotatable bonds is 5. The van der Waals surface area contributed by atoms with Gasteiger partial charge >= 0.3 is 12.0 Å². The molecule has 1 saturated carbocycles. The van der Waals surface area contributed by atoms with E-state index in [1.807, 2.05) is 0 Å². The Morgan fingerprint density at radius 1 is 1.25 bits per heavy atom. The van der Waals surface area contributed by atoms with Gasteiger partial charge in [0.05, 0.1) is 0 Å². The van der Waals surface area contributed by atoms with Gasteiger partial charge in [0.2, 0.25) is 0 Å². The van der Waals surface area contributed by atoms with Gasteiger partial charge in [-0.05, 0) is 19.8 Å². The molecular weight excluding hydrogens is 280 g/mol. The summed E-state index contributed by atoms with van der Waals surface area (Å²) < 4.78 is 11.1. The quantitative estimate of drug-likeness (QED) is 0.666. The minimum absolute atomic E-state index is 0.252. The fourth-order valence-corrected chi connectivity index (χ4v) is 3.38. The summed E-state index contributed by atoms with van der Waals surface area (Å²) in [4.78, 5) is 23.5. The molecule has 1 fully saturated rings. The van der Waals surface area contributed by atoms with Gasteiger partial charge in [0.15, 0.2) is 0 Å². The van der Waals surface area contributed by atoms with E-state index in [-0.39, 0.29) is 6.04 Å². The average molecular weight is 304 g/mol. The van der Waals surface area contributed by atoms with Crippen LogP contribution in [-0.4, -0.2) is 44.9 Å². The first kappa shape index (κ1) is 16.9. The predicted molar refractivity (Wildman–Crippen MR) is 78.1 cm³/mol. The van der Waals surface area contributed by atoms with Crippen LogP contribution in [0.15, 0.2) is 0 Å². The van der Waals surface area contributed by atoms with Crippen LogP contribution in [0.1, 0.15) is 45.4 Å². The minimum Gasteiger partial charge on any atom is -0.480 e. The van der Waals surface area contributed by atoms with Crippen molar-refractivity contribution in [3.05, 3.63) is 0 Å². The largest absolute Gasteiger partial charge is 0.480 e. The molecule has 3 N–H and O–H groups in total. The van der Waals surface area contributed by atoms with E-state index in [0.717, 1.165) is 25.7 Å². The number of urea groups is 1. The van der Waals surface area contributed by atoms with Crippen molar-refractivity contribution in [1.29, 1.82) is 0 Å². The molecule has 0 spiro atoms. The molecule has 1 rings (SSSR count). The third-order valence-corrected chi connectivity index (χ3v) is 4.55. The molecule has 2 amide bonds. The van der Waals surface area contributed by atoms with E-state index in [0.29, 0.717) is 18.6 Å². The molecule has 1 aliphatic carbocycles. The van der Waals surface area contributed by atoms with E-state index in [2.05, 4.69) is 10.6 Å². The smallest absolute Gasteiger partial charge is 0.329 e. The zero-order valence-corrected chi connectivity index (χ0v) is 12.9. The van der Waals surface area contributed by atoms with Crippen LogP contribution in [0, 0.1) is 0 Å². The molecule has 6 nitrogen and oxygen atoms in total. The second kappa shape index (κ2) is 7.61. The molecule has 2 unspecified atom stereocenters. The lowest BCUT2D eigenvalue weighted by Crippen LogP contribution is -2.58. The maximum atomic E-state index is 11.9. The molecule has 0 radical (unpaired) electrons. The van der Waals surface area contributed by atoms with Gasteiger partial charge in [0, 0.05) is 28.9 Å². The molecule has 0 aromatic heterocycles. The second-order valence-electron chi connectivity index (χ2n) is 5.54. The standard InChI is InChI=1S/C13H24N2O4S/c1-10(9-20(2)19)14-12(18)15-13(11(16)17)7-5-3-4-6-8-13/h10H,3-9H2,1-2H3,(H,16,17)(H2,14,15,18). The van der Waals surface area contributed by atoms with Crippen molar-refractivity contribution in [2.24, 2.45) is 0 Å². The first-order chi connectivity index (χ1) is 9.35. The van der Waals surface area contributed by atoms with Crippen LogP contribution in [0.3, 0.4) is 0 Å². The highest BCUT2D eigenvalue weighted by atomic mass is 32.2. The Morgan fingerprint density at radius 3 is 2.25 bits per heavy atom. The van der Waals surface area contributed by atoms with Crippen molar-refractivity contribution in [3.63, 3.8) is 0 Å². The summed E-state index contributed by atoms with van der Waals surface area (Å²) >= 11 is 0. The van der Waals surface area contributed by atoms with Gasteiger partial charge in [-0.2, -0.15) is 0 Å². The van der Waals surface area contributed by atoms with Gasteiger partial charge in [-0.25, -0.2) is 9.59 Å². The topological polar surface area (TPSA) is 95.5 Å². The van der Waals surface area contributed by atoms with E-state index in [1.54, 1.807) is 13.2 Å². The van der Waals surface area contributed by atoms with Crippen molar-refractivity contribution in [2.75, 3.05) is 12.0 Å². The molecule has 2 atom stereocenters. The minimum atomic E-state index is -1.16. The maximum absolute atomic E-state index is 11.9. The Hall–Kier alpha value is -1.11. The van der Waals surface area contributed by atoms with Crippen LogP contribution in [0.4, 0.5) is 4.79 Å². The molecule has 20 heavy (non-hydrogen) atoms. The maximum Gasteiger partial charge on any atom is 0.329 e. The summed E-state index contributed by atoms with van der Waals surface area (Å²) in [5.41, 5.74) is -1.16. The summed E-state index contributed by atoms with van der Waals surface area (Å²) in [5.74, 6) is -0.616. The Labute approximate surface area is 122 Å². The molecule has 0 saturated heterocycles. The average Bonchev–Trinajstić information content (AvgIpc) is 2.53. The Kier molecular flexibility index (Phi) is 6.45. The van der Waals surface area contributed by atoms with Crippen LogP contribution in [-0.2, 0) is 15.6 Å². The number of carboxylic acid groups (broad SMARTS) is 1. The van der Waals surface area contributed by atoms with Crippen LogP contribution < -0.4 is 10.6 Å². The van der Waals surface area contributed by atoms with E-state index >= 15 is 0 Å². The summed E-state index contributed by atoms with van der Waals surface area (Å²) in [6.07, 6.45) is 6.11. The number of nitrogens with one attached hydrogen (secondary N) is 2. The Balaban J connectivity index is 2.63. The zero-order chi connectivity index (χ0) is 15.2. The molecule has 116 valence electrons. The van der Waals surface area contributed by atoms with Gasteiger partial charge in [-0.15, -0.1) is 0 Å². The summed E-state index contributed by atoms with van der Waals surface area (Å²) in [7, 11) is -1.000. The van der Waals surface area contributed by atoms with Gasteiger partial charge in [0.25, 0.3) is 0 Å². The molecule has 7 heteroatoms. The predicted octanol–water partition coefficient (Wildman–Crippen LogP) is 1.23. The number of carbonyl (C=O) groups is 2. The molecule has 0 aliphatic heterocycles. The molecular formula is C13H24N2O4S. The molecule has 0 heterocycles. The highest BCUT2D eigenvalue weighted by Gasteiger charge is 2.40. The Morgan fingerprint density at radius 2 is 1.80 bits per heavy atom. The lowest BCUT2D eigenvalue weighted by Gasteiger charge is -2.30. The van der Waals surface area contributed by atoms with E-state index in [4.69, 9.17) is 0 Å². The fraction of sp³-hybridized carbons (Fsp3) is 0.846. The number of carboxylic acids is 1. The van der Waals surface area contributed by atoms with Gasteiger partial charge in [-0.1, -0.05) is 25.7 Å². The molecule has 1 aliphatic rings. The van der Waals surface area contributed by atoms with Crippen LogP contribution in [0.5, 0.6) is 0 Å². The molecule has 0 aromatic carbocycles. The van der Waals surface area contributed by atoms with Crippen molar-refractivity contribution in [3.8, 4) is 0 Å². The number of amides is 2. The summed E-state index contributed by atoms with van der Waals surface area (Å²) in [6, 6.07) is -0.746. The lowest BCUT2D eigenvalue weighted by molar-refractivity contribution is -0.145. The first-order valence-electron chi connectivity index (χ1n) is 6.98. The summed E-state index contributed by atoms with van der Waals surface area (Å²) in [5, 5.41) is 14.7. The first-order valence-corrected chi connectivity index (χ1v) is 8.70. The fourth-order valence-electron chi connectivity index (χ4n) is 2.60. The number of aliphatic carboxylic acids is 1. The van der Waals surface area contributed by atoms with E-state index in [1.165, 1.54) is 0 Å². The third kappa shape index (κ3) is 5.11. The van der Waals surface area contributed by atoms with E-state index in [9.17, 15) is 18.9 Å². The van der Waals surface area contributed by atoms with Crippen LogP contribution >= 0.6 is 0 Å². The number of hydrogen-bond donors (Lipinski definition) is 3. The Bertz CT molecular complexity index is 379. The van der Waals surface area contributed by atoms with E-state index < -0.39 is 28.3 Å². The highest BCUT2D eigenvalue weighted by Crippen LogP contribution is 2.27. The van der Waals surface area contributed by atoms with Crippen LogP contribution in [0.25, 0.3) is 0 Å². The normalized spacial score (nSPS) is 21.3. The summed E-state index contributed by atoms with van der Waals surface area (Å²) in [6.45, 7) is 1.75. The monoisotopic (exact) mass is 304 g/mol.